The molecule has 2 atom stereocenters. The third kappa shape index (κ3) is 4.83. The Balaban J connectivity index is 2.08. The van der Waals surface area contributed by atoms with Gasteiger partial charge in [0, 0.05) is 6.04 Å². The Kier molecular flexibility index (Phi) is 6.70. The molecule has 1 saturated carbocycles. The number of thiazole rings is 1. The first-order valence-corrected chi connectivity index (χ1v) is 13.9. The van der Waals surface area contributed by atoms with Crippen LogP contribution in [-0.4, -0.2) is 33.6 Å². The van der Waals surface area contributed by atoms with E-state index in [0.717, 1.165) is 42.6 Å². The highest BCUT2D eigenvalue weighted by Crippen LogP contribution is 2.37. The molecule has 0 spiro atoms. The van der Waals surface area contributed by atoms with Crippen LogP contribution in [0.5, 0.6) is 0 Å². The Morgan fingerprint density at radius 1 is 1.10 bits per heavy atom. The molecule has 1 aromatic carbocycles. The lowest BCUT2D eigenvalue weighted by Gasteiger charge is -2.29. The van der Waals surface area contributed by atoms with Crippen molar-refractivity contribution in [2.24, 2.45) is 5.92 Å². The van der Waals surface area contributed by atoms with Crippen molar-refractivity contribution in [3.8, 4) is 0 Å². The van der Waals surface area contributed by atoms with E-state index in [0.29, 0.717) is 17.3 Å². The molecule has 3 rings (SSSR count). The van der Waals surface area contributed by atoms with Crippen LogP contribution in [0.2, 0.25) is 0 Å². The molecule has 0 radical (unpaired) electrons. The van der Waals surface area contributed by atoms with Gasteiger partial charge in [0.15, 0.2) is 5.03 Å². The maximum Gasteiger partial charge on any atom is 0.226 e. The van der Waals surface area contributed by atoms with Crippen molar-refractivity contribution in [2.75, 3.05) is 11.1 Å². The Morgan fingerprint density at radius 3 is 2.38 bits per heavy atom. The second-order valence-electron chi connectivity index (χ2n) is 7.76. The van der Waals surface area contributed by atoms with Crippen LogP contribution in [0.4, 0.5) is 5.00 Å². The van der Waals surface area contributed by atoms with Gasteiger partial charge in [-0.25, -0.2) is 21.8 Å². The number of aryl methyl sites for hydroxylation is 1. The zero-order chi connectivity index (χ0) is 21.2. The maximum absolute atomic E-state index is 13.3. The fourth-order valence-corrected chi connectivity index (χ4v) is 7.98. The monoisotopic (exact) mass is 456 g/mol. The number of aromatic nitrogens is 1. The van der Waals surface area contributed by atoms with Crippen LogP contribution in [0.3, 0.4) is 0 Å². The highest BCUT2D eigenvalue weighted by molar-refractivity contribution is 7.94. The van der Waals surface area contributed by atoms with Gasteiger partial charge in [-0.3, -0.25) is 0 Å². The Bertz CT molecular complexity index is 1060. The number of sulfone groups is 2. The van der Waals surface area contributed by atoms with E-state index < -0.39 is 19.7 Å². The van der Waals surface area contributed by atoms with Crippen LogP contribution in [0.1, 0.15) is 51.5 Å². The first kappa shape index (κ1) is 22.2. The van der Waals surface area contributed by atoms with E-state index in [1.165, 1.54) is 12.1 Å². The van der Waals surface area contributed by atoms with Gasteiger partial charge in [0.1, 0.15) is 5.00 Å². The summed E-state index contributed by atoms with van der Waals surface area (Å²) in [6.07, 6.45) is 4.68. The predicted octanol–water partition coefficient (Wildman–Crippen LogP) is 4.46. The molecule has 1 heterocycles. The average Bonchev–Trinajstić information content (AvgIpc) is 3.10. The number of hydrogen-bond acceptors (Lipinski definition) is 7. The number of nitrogens with one attached hydrogen (secondary N) is 1. The van der Waals surface area contributed by atoms with E-state index in [9.17, 15) is 16.8 Å². The summed E-state index contributed by atoms with van der Waals surface area (Å²) in [4.78, 5) is 4.26. The summed E-state index contributed by atoms with van der Waals surface area (Å²) < 4.78 is 51.6. The lowest BCUT2D eigenvalue weighted by molar-refractivity contribution is 0.349. The number of benzene rings is 1. The molecule has 2 aromatic rings. The van der Waals surface area contributed by atoms with Crippen LogP contribution in [0.25, 0.3) is 0 Å². The molecule has 1 aliphatic carbocycles. The van der Waals surface area contributed by atoms with Crippen molar-refractivity contribution in [2.45, 2.75) is 73.2 Å². The van der Waals surface area contributed by atoms with Crippen molar-refractivity contribution >= 4 is 36.0 Å². The lowest BCUT2D eigenvalue weighted by Crippen LogP contribution is -2.30. The largest absolute Gasteiger partial charge is 0.371 e. The summed E-state index contributed by atoms with van der Waals surface area (Å²) in [6, 6.07) is 6.64. The molecular formula is C20H28N2O4S3. The molecule has 1 fully saturated rings. The van der Waals surface area contributed by atoms with E-state index >= 15 is 0 Å². The van der Waals surface area contributed by atoms with Crippen LogP contribution in [-0.2, 0) is 19.7 Å². The third-order valence-electron chi connectivity index (χ3n) is 5.33. The molecule has 0 aliphatic heterocycles. The molecule has 0 unspecified atom stereocenters. The van der Waals surface area contributed by atoms with Gasteiger partial charge in [0.05, 0.1) is 10.6 Å². The third-order valence-corrected chi connectivity index (χ3v) is 10.5. The van der Waals surface area contributed by atoms with Gasteiger partial charge >= 0.3 is 0 Å². The minimum absolute atomic E-state index is 0.0518. The van der Waals surface area contributed by atoms with E-state index in [1.54, 1.807) is 19.1 Å². The predicted molar refractivity (Wildman–Crippen MR) is 116 cm³/mol. The minimum atomic E-state index is -3.94. The first-order chi connectivity index (χ1) is 13.6. The average molecular weight is 457 g/mol. The highest BCUT2D eigenvalue weighted by Gasteiger charge is 2.32. The summed E-state index contributed by atoms with van der Waals surface area (Å²) in [7, 11) is -7.55. The molecule has 0 amide bonds. The number of nitrogens with zero attached hydrogens (tertiary/aromatic N) is 1. The van der Waals surface area contributed by atoms with E-state index in [-0.39, 0.29) is 26.1 Å². The smallest absolute Gasteiger partial charge is 0.226 e. The zero-order valence-corrected chi connectivity index (χ0v) is 19.5. The fourth-order valence-electron chi connectivity index (χ4n) is 3.58. The van der Waals surface area contributed by atoms with Crippen molar-refractivity contribution in [3.63, 3.8) is 0 Å². The molecule has 160 valence electrons. The summed E-state index contributed by atoms with van der Waals surface area (Å²) in [6.45, 7) is 5.80. The van der Waals surface area contributed by atoms with E-state index in [2.05, 4.69) is 17.2 Å². The van der Waals surface area contributed by atoms with Crippen molar-refractivity contribution in [1.82, 2.24) is 4.98 Å². The van der Waals surface area contributed by atoms with E-state index in [1.807, 2.05) is 6.92 Å². The summed E-state index contributed by atoms with van der Waals surface area (Å²) in [5, 5.41) is 3.48. The topological polar surface area (TPSA) is 93.2 Å². The van der Waals surface area contributed by atoms with Gasteiger partial charge in [0.2, 0.25) is 24.0 Å². The van der Waals surface area contributed by atoms with Crippen LogP contribution >= 0.6 is 11.3 Å². The Hall–Kier alpha value is -1.45. The molecule has 0 bridgehead atoms. The number of rotatable bonds is 7. The molecule has 6 nitrogen and oxygen atoms in total. The second kappa shape index (κ2) is 8.73. The summed E-state index contributed by atoms with van der Waals surface area (Å²) >= 11 is 0.937. The first-order valence-electron chi connectivity index (χ1n) is 9.97. The maximum atomic E-state index is 13.3. The number of anilines is 1. The summed E-state index contributed by atoms with van der Waals surface area (Å²) in [5.74, 6) is 0.334. The Labute approximate surface area is 177 Å². The minimum Gasteiger partial charge on any atom is -0.371 e. The molecule has 0 saturated heterocycles. The van der Waals surface area contributed by atoms with Gasteiger partial charge in [0.25, 0.3) is 0 Å². The van der Waals surface area contributed by atoms with Crippen LogP contribution in [0, 0.1) is 12.8 Å². The van der Waals surface area contributed by atoms with Crippen LogP contribution in [0.15, 0.2) is 38.5 Å². The fraction of sp³-hybridized carbons (Fsp3) is 0.550. The molecule has 29 heavy (non-hydrogen) atoms. The van der Waals surface area contributed by atoms with Gasteiger partial charge in [-0.15, -0.1) is 0 Å². The second-order valence-corrected chi connectivity index (χ2v) is 12.9. The van der Waals surface area contributed by atoms with Crippen molar-refractivity contribution in [1.29, 1.82) is 0 Å². The van der Waals surface area contributed by atoms with E-state index in [4.69, 9.17) is 0 Å². The number of hydrogen-bond donors (Lipinski definition) is 1. The lowest BCUT2D eigenvalue weighted by atomic mass is 9.86. The molecule has 1 aliphatic rings. The normalized spacial score (nSPS) is 20.5. The summed E-state index contributed by atoms with van der Waals surface area (Å²) in [5.41, 5.74) is 0.947. The molecular weight excluding hydrogens is 428 g/mol. The van der Waals surface area contributed by atoms with Gasteiger partial charge in [-0.2, -0.15) is 0 Å². The molecule has 9 heteroatoms. The van der Waals surface area contributed by atoms with Gasteiger partial charge in [-0.1, -0.05) is 55.7 Å². The molecule has 1 N–H and O–H groups in total. The SMILES string of the molecule is CCCS(=O)(=O)c1nc(S(=O)(=O)c2ccc(C)cc2)c(N[C@H]2CCCC[C@@H]2C)s1. The Morgan fingerprint density at radius 2 is 1.76 bits per heavy atom. The van der Waals surface area contributed by atoms with Gasteiger partial charge in [-0.05, 0) is 44.2 Å². The van der Waals surface area contributed by atoms with Gasteiger partial charge < -0.3 is 5.32 Å². The standard InChI is InChI=1S/C20H28N2O4S3/c1-4-13-28(23,24)20-22-19(29(25,26)16-11-9-14(2)10-12-16)18(27-20)21-17-8-6-5-7-15(17)3/h9-12,15,17,21H,4-8,13H2,1-3H3/t15-,17-/m0/s1. The zero-order valence-electron chi connectivity index (χ0n) is 17.0. The quantitative estimate of drug-likeness (QED) is 0.661. The molecule has 1 aromatic heterocycles. The highest BCUT2D eigenvalue weighted by atomic mass is 32.2. The van der Waals surface area contributed by atoms with Crippen molar-refractivity contribution < 1.29 is 16.8 Å². The van der Waals surface area contributed by atoms with Crippen LogP contribution < -0.4 is 5.32 Å². The van der Waals surface area contributed by atoms with Crippen molar-refractivity contribution in [3.05, 3.63) is 29.8 Å².